The van der Waals surface area contributed by atoms with Gasteiger partial charge in [-0.3, -0.25) is 5.41 Å². The van der Waals surface area contributed by atoms with Gasteiger partial charge in [0, 0.05) is 16.8 Å². The molecule has 0 unspecified atom stereocenters. The highest BCUT2D eigenvalue weighted by molar-refractivity contribution is 6.30. The van der Waals surface area contributed by atoms with Crippen LogP contribution in [-0.4, -0.2) is 32.2 Å². The molecule has 0 aliphatic carbocycles. The Kier molecular flexibility index (Phi) is 5.60. The van der Waals surface area contributed by atoms with Gasteiger partial charge >= 0.3 is 6.61 Å². The van der Waals surface area contributed by atoms with Gasteiger partial charge in [-0.15, -0.1) is 0 Å². The SMILES string of the molecule is N=C(N)Cc1ncn(Cc2cnc(OC(F)F)c(-c3cccc(Cl)c3)c2)n1. The number of nitrogens with zero attached hydrogens (tertiary/aromatic N) is 4. The van der Waals surface area contributed by atoms with Crippen molar-refractivity contribution in [2.45, 2.75) is 19.6 Å². The van der Waals surface area contributed by atoms with Crippen LogP contribution in [0.3, 0.4) is 0 Å². The molecule has 0 atom stereocenters. The van der Waals surface area contributed by atoms with Crippen LogP contribution in [0.1, 0.15) is 11.4 Å². The van der Waals surface area contributed by atoms with Crippen molar-refractivity contribution in [3.8, 4) is 17.0 Å². The zero-order chi connectivity index (χ0) is 19.4. The van der Waals surface area contributed by atoms with E-state index in [4.69, 9.17) is 22.7 Å². The van der Waals surface area contributed by atoms with E-state index in [-0.39, 0.29) is 18.1 Å². The Hall–Kier alpha value is -3.07. The molecule has 3 rings (SSSR count). The van der Waals surface area contributed by atoms with E-state index in [9.17, 15) is 8.78 Å². The van der Waals surface area contributed by atoms with Gasteiger partial charge in [-0.2, -0.15) is 13.9 Å². The highest BCUT2D eigenvalue weighted by Crippen LogP contribution is 2.31. The van der Waals surface area contributed by atoms with E-state index in [0.29, 0.717) is 34.1 Å². The predicted molar refractivity (Wildman–Crippen MR) is 96.1 cm³/mol. The minimum absolute atomic E-state index is 0.0360. The van der Waals surface area contributed by atoms with Gasteiger partial charge in [0.15, 0.2) is 5.82 Å². The lowest BCUT2D eigenvalue weighted by atomic mass is 10.1. The largest absolute Gasteiger partial charge is 0.416 e. The summed E-state index contributed by atoms with van der Waals surface area (Å²) in [6, 6.07) is 8.44. The number of hydrogen-bond donors (Lipinski definition) is 2. The van der Waals surface area contributed by atoms with Gasteiger partial charge in [0.1, 0.15) is 6.33 Å². The number of amidine groups is 1. The summed E-state index contributed by atoms with van der Waals surface area (Å²) in [6.07, 6.45) is 3.08. The lowest BCUT2D eigenvalue weighted by Gasteiger charge is -2.12. The van der Waals surface area contributed by atoms with E-state index in [1.165, 1.54) is 12.5 Å². The standard InChI is InChI=1S/C17H15ClF2N6O/c18-12-3-1-2-11(5-12)13-4-10(7-23-16(13)27-17(19)20)8-26-9-24-15(25-26)6-14(21)22/h1-5,7,9,17H,6,8H2,(H3,21,22). The van der Waals surface area contributed by atoms with Crippen molar-refractivity contribution in [1.29, 1.82) is 5.41 Å². The van der Waals surface area contributed by atoms with E-state index in [0.717, 1.165) is 0 Å². The number of pyridine rings is 1. The first-order chi connectivity index (χ1) is 12.9. The Balaban J connectivity index is 1.91. The Morgan fingerprint density at radius 1 is 1.30 bits per heavy atom. The molecule has 0 aliphatic heterocycles. The van der Waals surface area contributed by atoms with Gasteiger partial charge in [-0.1, -0.05) is 23.7 Å². The maximum absolute atomic E-state index is 12.7. The summed E-state index contributed by atoms with van der Waals surface area (Å²) in [4.78, 5) is 8.09. The fourth-order valence-corrected chi connectivity index (χ4v) is 2.66. The number of aromatic nitrogens is 4. The monoisotopic (exact) mass is 392 g/mol. The molecule has 0 fully saturated rings. The van der Waals surface area contributed by atoms with Crippen molar-refractivity contribution in [3.63, 3.8) is 0 Å². The molecule has 3 aromatic rings. The maximum Gasteiger partial charge on any atom is 0.388 e. The summed E-state index contributed by atoms with van der Waals surface area (Å²) < 4.78 is 31.5. The van der Waals surface area contributed by atoms with Crippen LogP contribution in [0.25, 0.3) is 11.1 Å². The number of nitrogens with one attached hydrogen (secondary N) is 1. The van der Waals surface area contributed by atoms with Crippen molar-refractivity contribution in [1.82, 2.24) is 19.7 Å². The van der Waals surface area contributed by atoms with Crippen molar-refractivity contribution in [3.05, 3.63) is 59.3 Å². The first-order valence-corrected chi connectivity index (χ1v) is 8.19. The molecule has 0 amide bonds. The fraction of sp³-hybridized carbons (Fsp3) is 0.176. The molecule has 140 valence electrons. The third-order valence-electron chi connectivity index (χ3n) is 3.52. The molecule has 0 saturated carbocycles. The topological polar surface area (TPSA) is 103 Å². The van der Waals surface area contributed by atoms with Gasteiger partial charge in [-0.25, -0.2) is 14.6 Å². The van der Waals surface area contributed by atoms with Crippen LogP contribution in [0.2, 0.25) is 5.02 Å². The second kappa shape index (κ2) is 8.09. The van der Waals surface area contributed by atoms with Gasteiger partial charge < -0.3 is 10.5 Å². The number of rotatable bonds is 7. The van der Waals surface area contributed by atoms with E-state index < -0.39 is 6.61 Å². The molecule has 0 bridgehead atoms. The second-order valence-corrected chi connectivity index (χ2v) is 6.08. The number of alkyl halides is 2. The number of hydrogen-bond acceptors (Lipinski definition) is 5. The van der Waals surface area contributed by atoms with Crippen molar-refractivity contribution in [2.24, 2.45) is 5.73 Å². The summed E-state index contributed by atoms with van der Waals surface area (Å²) in [5.41, 5.74) is 7.03. The molecule has 3 N–H and O–H groups in total. The third kappa shape index (κ3) is 4.98. The number of benzene rings is 1. The smallest absolute Gasteiger partial charge is 0.388 e. The van der Waals surface area contributed by atoms with Crippen molar-refractivity contribution in [2.75, 3.05) is 0 Å². The lowest BCUT2D eigenvalue weighted by Crippen LogP contribution is -2.14. The normalized spacial score (nSPS) is 11.0. The first-order valence-electron chi connectivity index (χ1n) is 7.81. The average Bonchev–Trinajstić information content (AvgIpc) is 3.02. The van der Waals surface area contributed by atoms with Crippen molar-refractivity contribution >= 4 is 17.4 Å². The van der Waals surface area contributed by atoms with Crippen LogP contribution >= 0.6 is 11.6 Å². The molecular weight excluding hydrogens is 378 g/mol. The lowest BCUT2D eigenvalue weighted by molar-refractivity contribution is -0.0524. The zero-order valence-electron chi connectivity index (χ0n) is 13.9. The third-order valence-corrected chi connectivity index (χ3v) is 3.76. The molecule has 7 nitrogen and oxygen atoms in total. The Labute approximate surface area is 158 Å². The van der Waals surface area contributed by atoms with E-state index in [2.05, 4.69) is 19.8 Å². The van der Waals surface area contributed by atoms with Crippen LogP contribution in [0.5, 0.6) is 5.88 Å². The van der Waals surface area contributed by atoms with Gasteiger partial charge in [0.05, 0.1) is 18.8 Å². The fourth-order valence-electron chi connectivity index (χ4n) is 2.47. The van der Waals surface area contributed by atoms with Crippen LogP contribution in [0.15, 0.2) is 42.9 Å². The summed E-state index contributed by atoms with van der Waals surface area (Å²) in [6.45, 7) is -2.69. The summed E-state index contributed by atoms with van der Waals surface area (Å²) in [5, 5.41) is 12.0. The van der Waals surface area contributed by atoms with E-state index in [1.807, 2.05) is 0 Å². The van der Waals surface area contributed by atoms with E-state index >= 15 is 0 Å². The first kappa shape index (κ1) is 18.7. The highest BCUT2D eigenvalue weighted by Gasteiger charge is 2.15. The van der Waals surface area contributed by atoms with Gasteiger partial charge in [0.2, 0.25) is 5.88 Å². The van der Waals surface area contributed by atoms with Crippen LogP contribution in [0.4, 0.5) is 8.78 Å². The summed E-state index contributed by atoms with van der Waals surface area (Å²) in [7, 11) is 0. The minimum atomic E-state index is -2.99. The molecule has 1 aromatic carbocycles. The molecule has 0 aliphatic rings. The highest BCUT2D eigenvalue weighted by atomic mass is 35.5. The molecule has 0 saturated heterocycles. The average molecular weight is 393 g/mol. The zero-order valence-corrected chi connectivity index (χ0v) is 14.7. The van der Waals surface area contributed by atoms with Crippen LogP contribution < -0.4 is 10.5 Å². The number of ether oxygens (including phenoxy) is 1. The van der Waals surface area contributed by atoms with Gasteiger partial charge in [0.25, 0.3) is 0 Å². The Bertz CT molecular complexity index is 962. The molecule has 2 heterocycles. The molecule has 10 heteroatoms. The summed E-state index contributed by atoms with van der Waals surface area (Å²) in [5.74, 6) is 0.196. The number of halogens is 3. The predicted octanol–water partition coefficient (Wildman–Crippen LogP) is 3.12. The summed E-state index contributed by atoms with van der Waals surface area (Å²) >= 11 is 6.01. The number of nitrogens with two attached hydrogens (primary N) is 1. The Morgan fingerprint density at radius 3 is 2.81 bits per heavy atom. The van der Waals surface area contributed by atoms with Gasteiger partial charge in [-0.05, 0) is 29.3 Å². The molecule has 2 aromatic heterocycles. The van der Waals surface area contributed by atoms with Crippen molar-refractivity contribution < 1.29 is 13.5 Å². The Morgan fingerprint density at radius 2 is 2.11 bits per heavy atom. The second-order valence-electron chi connectivity index (χ2n) is 5.65. The molecule has 0 radical (unpaired) electrons. The maximum atomic E-state index is 12.7. The van der Waals surface area contributed by atoms with Crippen LogP contribution in [-0.2, 0) is 13.0 Å². The quantitative estimate of drug-likeness (QED) is 0.475. The molecule has 0 spiro atoms. The van der Waals surface area contributed by atoms with E-state index in [1.54, 1.807) is 35.0 Å². The van der Waals surface area contributed by atoms with Crippen LogP contribution in [0, 0.1) is 5.41 Å². The minimum Gasteiger partial charge on any atom is -0.416 e. The molecule has 27 heavy (non-hydrogen) atoms. The molecular formula is C17H15ClF2N6O.